The van der Waals surface area contributed by atoms with Crippen molar-refractivity contribution in [3.8, 4) is 0 Å². The molecule has 0 radical (unpaired) electrons. The molecule has 0 aliphatic heterocycles. The van der Waals surface area contributed by atoms with Gasteiger partial charge in [0.1, 0.15) is 12.4 Å². The number of halogens is 1. The number of hydrogen-bond donors (Lipinski definition) is 2. The van der Waals surface area contributed by atoms with Crippen LogP contribution < -0.4 is 16.6 Å². The molecular weight excluding hydrogens is 378 g/mol. The van der Waals surface area contributed by atoms with E-state index >= 15 is 0 Å². The molecule has 148 valence electrons. The highest BCUT2D eigenvalue weighted by molar-refractivity contribution is 5.85. The number of nitrogens with zero attached hydrogens (tertiary/aromatic N) is 1. The summed E-state index contributed by atoms with van der Waals surface area (Å²) in [5, 5.41) is 3.09. The van der Waals surface area contributed by atoms with Gasteiger partial charge in [-0.25, -0.2) is 4.79 Å². The van der Waals surface area contributed by atoms with Gasteiger partial charge in [0.25, 0.3) is 5.56 Å². The maximum absolute atomic E-state index is 12.0. The Morgan fingerprint density at radius 2 is 1.68 bits per heavy atom. The van der Waals surface area contributed by atoms with Gasteiger partial charge >= 0.3 is 5.69 Å². The van der Waals surface area contributed by atoms with Crippen LogP contribution in [0.15, 0.2) is 76.4 Å². The van der Waals surface area contributed by atoms with Gasteiger partial charge in [0.15, 0.2) is 0 Å². The number of nitrogens with one attached hydrogen (secondary N) is 2. The zero-order valence-electron chi connectivity index (χ0n) is 15.6. The summed E-state index contributed by atoms with van der Waals surface area (Å²) in [4.78, 5) is 26.4. The van der Waals surface area contributed by atoms with Crippen molar-refractivity contribution in [1.29, 1.82) is 0 Å². The maximum atomic E-state index is 12.0. The third kappa shape index (κ3) is 5.84. The Kier molecular flexibility index (Phi) is 8.04. The Morgan fingerprint density at radius 3 is 2.36 bits per heavy atom. The number of hydrogen-bond acceptors (Lipinski definition) is 4. The number of benzene rings is 2. The van der Waals surface area contributed by atoms with E-state index in [-0.39, 0.29) is 25.2 Å². The molecule has 3 rings (SSSR count). The van der Waals surface area contributed by atoms with Crippen LogP contribution in [0.2, 0.25) is 0 Å². The predicted molar refractivity (Wildman–Crippen MR) is 113 cm³/mol. The molecule has 28 heavy (non-hydrogen) atoms. The predicted octanol–water partition coefficient (Wildman–Crippen LogP) is 3.35. The zero-order valence-corrected chi connectivity index (χ0v) is 16.4. The van der Waals surface area contributed by atoms with Gasteiger partial charge in [-0.15, -0.1) is 12.4 Å². The van der Waals surface area contributed by atoms with Gasteiger partial charge in [0, 0.05) is 12.7 Å². The van der Waals surface area contributed by atoms with Gasteiger partial charge in [-0.1, -0.05) is 60.7 Å². The molecule has 3 aromatic rings. The minimum absolute atomic E-state index is 0. The topological polar surface area (TPSA) is 76.1 Å². The van der Waals surface area contributed by atoms with E-state index in [1.54, 1.807) is 0 Å². The monoisotopic (exact) mass is 401 g/mol. The molecule has 6 nitrogen and oxygen atoms in total. The second kappa shape index (κ2) is 10.5. The highest BCUT2D eigenvalue weighted by Gasteiger charge is 2.08. The summed E-state index contributed by atoms with van der Waals surface area (Å²) in [6.07, 6.45) is 2.12. The van der Waals surface area contributed by atoms with Crippen LogP contribution in [0.4, 0.5) is 5.69 Å². The van der Waals surface area contributed by atoms with Crippen molar-refractivity contribution >= 4 is 18.1 Å². The number of rotatable bonds is 8. The van der Waals surface area contributed by atoms with Crippen molar-refractivity contribution in [3.05, 3.63) is 98.8 Å². The highest BCUT2D eigenvalue weighted by atomic mass is 35.5. The van der Waals surface area contributed by atoms with Crippen LogP contribution >= 0.6 is 12.4 Å². The van der Waals surface area contributed by atoms with Crippen molar-refractivity contribution in [1.82, 2.24) is 9.55 Å². The summed E-state index contributed by atoms with van der Waals surface area (Å²) in [5.41, 5.74) is 1.63. The van der Waals surface area contributed by atoms with E-state index < -0.39 is 11.2 Å². The summed E-state index contributed by atoms with van der Waals surface area (Å²) in [7, 11) is 0. The Morgan fingerprint density at radius 1 is 1.04 bits per heavy atom. The molecule has 7 heteroatoms. The van der Waals surface area contributed by atoms with E-state index in [0.29, 0.717) is 12.2 Å². The second-order valence-corrected chi connectivity index (χ2v) is 6.28. The van der Waals surface area contributed by atoms with Gasteiger partial charge in [-0.05, 0) is 24.5 Å². The largest absolute Gasteiger partial charge is 0.379 e. The minimum atomic E-state index is -0.492. The summed E-state index contributed by atoms with van der Waals surface area (Å²) in [5.74, 6) is 0. The van der Waals surface area contributed by atoms with Crippen LogP contribution in [0.25, 0.3) is 0 Å². The second-order valence-electron chi connectivity index (χ2n) is 6.28. The van der Waals surface area contributed by atoms with Crippen LogP contribution in [0, 0.1) is 0 Å². The third-order valence-electron chi connectivity index (χ3n) is 4.32. The first kappa shape index (κ1) is 21.5. The molecule has 1 aromatic heterocycles. The molecule has 0 saturated heterocycles. The normalized spacial score (nSPS) is 11.5. The number of anilines is 1. The smallest absolute Gasteiger partial charge is 0.330 e. The third-order valence-corrected chi connectivity index (χ3v) is 4.32. The van der Waals surface area contributed by atoms with Crippen molar-refractivity contribution < 1.29 is 4.74 Å². The molecule has 0 bridgehead atoms. The summed E-state index contributed by atoms with van der Waals surface area (Å²) >= 11 is 0. The first-order valence-electron chi connectivity index (χ1n) is 8.91. The molecule has 1 atom stereocenters. The SMILES string of the molecule is CC(OCn1cc(NCCc2ccccc2)c(=O)[nH]c1=O)c1ccccc1.Cl. The van der Waals surface area contributed by atoms with Crippen LogP contribution in [-0.2, 0) is 17.9 Å². The van der Waals surface area contributed by atoms with Gasteiger partial charge in [-0.2, -0.15) is 0 Å². The number of H-pyrrole nitrogens is 1. The quantitative estimate of drug-likeness (QED) is 0.607. The molecule has 0 fully saturated rings. The van der Waals surface area contributed by atoms with Crippen LogP contribution in [0.1, 0.15) is 24.2 Å². The fourth-order valence-electron chi connectivity index (χ4n) is 2.73. The fraction of sp³-hybridized carbons (Fsp3) is 0.238. The van der Waals surface area contributed by atoms with Crippen molar-refractivity contribution in [2.24, 2.45) is 0 Å². The minimum Gasteiger partial charge on any atom is -0.379 e. The van der Waals surface area contributed by atoms with Crippen molar-refractivity contribution in [2.75, 3.05) is 11.9 Å². The van der Waals surface area contributed by atoms with E-state index in [1.165, 1.54) is 16.3 Å². The fourth-order valence-corrected chi connectivity index (χ4v) is 2.73. The first-order chi connectivity index (χ1) is 13.1. The molecule has 1 unspecified atom stereocenters. The highest BCUT2D eigenvalue weighted by Crippen LogP contribution is 2.16. The van der Waals surface area contributed by atoms with E-state index in [0.717, 1.165) is 12.0 Å². The maximum Gasteiger partial charge on any atom is 0.330 e. The average molecular weight is 402 g/mol. The Bertz CT molecular complexity index is 971. The number of ether oxygens (including phenoxy) is 1. The molecule has 2 N–H and O–H groups in total. The van der Waals surface area contributed by atoms with Crippen molar-refractivity contribution in [3.63, 3.8) is 0 Å². The number of aromatic nitrogens is 2. The summed E-state index contributed by atoms with van der Waals surface area (Å²) < 4.78 is 7.13. The molecule has 0 saturated carbocycles. The number of aromatic amines is 1. The lowest BCUT2D eigenvalue weighted by atomic mass is 10.1. The van der Waals surface area contributed by atoms with E-state index in [1.807, 2.05) is 67.6 Å². The molecule has 0 aliphatic carbocycles. The van der Waals surface area contributed by atoms with Gasteiger partial charge in [-0.3, -0.25) is 14.3 Å². The summed E-state index contributed by atoms with van der Waals surface area (Å²) in [6.45, 7) is 2.57. The molecule has 0 amide bonds. The van der Waals surface area contributed by atoms with Gasteiger partial charge in [0.2, 0.25) is 0 Å². The lowest BCUT2D eigenvalue weighted by molar-refractivity contribution is 0.0142. The van der Waals surface area contributed by atoms with E-state index in [4.69, 9.17) is 4.74 Å². The summed E-state index contributed by atoms with van der Waals surface area (Å²) in [6, 6.07) is 19.8. The lowest BCUT2D eigenvalue weighted by Gasteiger charge is -2.15. The Labute approximate surface area is 169 Å². The van der Waals surface area contributed by atoms with Crippen LogP contribution in [0.3, 0.4) is 0 Å². The van der Waals surface area contributed by atoms with Crippen molar-refractivity contribution in [2.45, 2.75) is 26.2 Å². The molecular formula is C21H24ClN3O3. The van der Waals surface area contributed by atoms with Crippen LogP contribution in [-0.4, -0.2) is 16.1 Å². The molecule has 2 aromatic carbocycles. The van der Waals surface area contributed by atoms with Crippen LogP contribution in [0.5, 0.6) is 0 Å². The zero-order chi connectivity index (χ0) is 19.1. The molecule has 0 aliphatic rings. The average Bonchev–Trinajstić information content (AvgIpc) is 2.70. The van der Waals surface area contributed by atoms with E-state index in [2.05, 4.69) is 10.3 Å². The molecule has 1 heterocycles. The van der Waals surface area contributed by atoms with E-state index in [9.17, 15) is 9.59 Å². The Hall–Kier alpha value is -2.83. The standard InChI is InChI=1S/C21H23N3O3.ClH/c1-16(18-10-6-3-7-11-18)27-15-24-14-19(20(25)23-21(24)26)22-13-12-17-8-4-2-5-9-17;/h2-11,14,16,22H,12-13,15H2,1H3,(H,23,25,26);1H. The Balaban J connectivity index is 0.00000280. The van der Waals surface area contributed by atoms with Gasteiger partial charge in [0.05, 0.1) is 6.10 Å². The van der Waals surface area contributed by atoms with Gasteiger partial charge < -0.3 is 10.1 Å². The first-order valence-corrected chi connectivity index (χ1v) is 8.91. The molecule has 0 spiro atoms. The lowest BCUT2D eigenvalue weighted by Crippen LogP contribution is -2.32.